The summed E-state index contributed by atoms with van der Waals surface area (Å²) in [5.41, 5.74) is 4.72. The molecule has 314 valence electrons. The number of nitrogens with zero attached hydrogens (tertiary/aromatic N) is 6. The minimum absolute atomic E-state index is 0.0571. The Hall–Kier alpha value is -6.94. The van der Waals surface area contributed by atoms with Crippen LogP contribution < -0.4 is 27.0 Å². The zero-order valence-electron chi connectivity index (χ0n) is 33.2. The summed E-state index contributed by atoms with van der Waals surface area (Å²) in [5, 5.41) is 25.8. The quantitative estimate of drug-likeness (QED) is 0.0613. The first-order valence-corrected chi connectivity index (χ1v) is 20.2. The van der Waals surface area contributed by atoms with E-state index in [9.17, 15) is 24.4 Å². The smallest absolute Gasteiger partial charge is 0.420 e. The molecule has 8 rings (SSSR count). The number of aromatic nitrogens is 5. The summed E-state index contributed by atoms with van der Waals surface area (Å²) in [6.07, 6.45) is 8.89. The molecule has 1 atom stereocenters. The number of pyridine rings is 1. The number of oxazole rings is 2. The highest BCUT2D eigenvalue weighted by Crippen LogP contribution is 2.29. The Balaban J connectivity index is 0.712. The van der Waals surface area contributed by atoms with Crippen molar-refractivity contribution in [2.45, 2.75) is 51.1 Å². The van der Waals surface area contributed by atoms with E-state index >= 15 is 0 Å². The summed E-state index contributed by atoms with van der Waals surface area (Å²) in [7, 11) is 0. The SMILES string of the molecule is N#Cc1nn(-c2ccc(CNCCOCCOCCCc3ccc4c(c3)oc(=O)n4C3CCC(=O)NC3=O)cc2)cc1NC(=O)c1coc(-c2ccnc(NCC3CC3)c2)n1. The van der Waals surface area contributed by atoms with Crippen LogP contribution in [0.1, 0.15) is 65.5 Å². The van der Waals surface area contributed by atoms with Crippen LogP contribution in [0.2, 0.25) is 0 Å². The van der Waals surface area contributed by atoms with Gasteiger partial charge in [0.05, 0.1) is 42.9 Å². The average Bonchev–Trinajstić information content (AvgIpc) is 3.64. The first kappa shape index (κ1) is 40.8. The number of imide groups is 1. The molecule has 0 radical (unpaired) electrons. The van der Waals surface area contributed by atoms with Gasteiger partial charge in [-0.3, -0.25) is 24.3 Å². The number of hydrogen-bond acceptors (Lipinski definition) is 14. The number of carbonyl (C=O) groups is 3. The third kappa shape index (κ3) is 10.3. The number of amides is 3. The number of piperidine rings is 1. The van der Waals surface area contributed by atoms with Crippen LogP contribution in [0.3, 0.4) is 0 Å². The fourth-order valence-corrected chi connectivity index (χ4v) is 6.91. The topological polar surface area (TPSA) is 233 Å². The van der Waals surface area contributed by atoms with Crippen LogP contribution in [0.5, 0.6) is 0 Å². The molecule has 2 aliphatic rings. The predicted molar refractivity (Wildman–Crippen MR) is 221 cm³/mol. The second kappa shape index (κ2) is 19.0. The van der Waals surface area contributed by atoms with Crippen molar-refractivity contribution in [1.82, 2.24) is 34.9 Å². The number of hydrogen-bond donors (Lipinski definition) is 4. The highest BCUT2D eigenvalue weighted by molar-refractivity contribution is 6.03. The van der Waals surface area contributed by atoms with E-state index in [1.54, 1.807) is 30.6 Å². The van der Waals surface area contributed by atoms with Gasteiger partial charge in [-0.25, -0.2) is 19.4 Å². The number of anilines is 2. The Morgan fingerprint density at radius 2 is 1.80 bits per heavy atom. The van der Waals surface area contributed by atoms with Crippen LogP contribution in [0.25, 0.3) is 28.2 Å². The first-order valence-electron chi connectivity index (χ1n) is 20.2. The zero-order valence-corrected chi connectivity index (χ0v) is 33.2. The molecule has 1 saturated carbocycles. The number of nitrogens with one attached hydrogen (secondary N) is 4. The van der Waals surface area contributed by atoms with Gasteiger partial charge in [-0.2, -0.15) is 10.4 Å². The standard InChI is InChI=1S/C43H44N10O8/c44-22-32-33(48-40(55)34-26-60-42(49-34)30-13-14-46-38(21-30)47-24-29-3-4-29)25-52(51-32)31-8-5-28(6-9-31)23-45-15-17-59-19-18-58-16-1-2-27-7-10-35-37(20-27)61-43(57)53(35)36-11-12-39(54)50-41(36)56/h5-10,13-14,20-21,25-26,29,36,45H,1-4,11-12,15-19,23-24H2,(H,46,47)(H,48,55)(H,50,54,56). The van der Waals surface area contributed by atoms with Gasteiger partial charge in [-0.1, -0.05) is 18.2 Å². The lowest BCUT2D eigenvalue weighted by molar-refractivity contribution is -0.135. The Morgan fingerprint density at radius 3 is 2.61 bits per heavy atom. The number of nitriles is 1. The molecule has 3 amide bonds. The summed E-state index contributed by atoms with van der Waals surface area (Å²) < 4.78 is 25.3. The highest BCUT2D eigenvalue weighted by atomic mass is 16.5. The van der Waals surface area contributed by atoms with Crippen molar-refractivity contribution < 1.29 is 32.7 Å². The van der Waals surface area contributed by atoms with E-state index in [0.29, 0.717) is 67.8 Å². The molecular formula is C43H44N10O8. The van der Waals surface area contributed by atoms with E-state index < -0.39 is 23.6 Å². The Labute approximate surface area is 349 Å². The van der Waals surface area contributed by atoms with Crippen LogP contribution in [0.4, 0.5) is 11.5 Å². The van der Waals surface area contributed by atoms with Crippen molar-refractivity contribution in [3.63, 3.8) is 0 Å². The summed E-state index contributed by atoms with van der Waals surface area (Å²) >= 11 is 0. The Morgan fingerprint density at radius 1 is 0.984 bits per heavy atom. The molecule has 6 aromatic rings. The van der Waals surface area contributed by atoms with Gasteiger partial charge >= 0.3 is 5.76 Å². The second-order valence-electron chi connectivity index (χ2n) is 14.9. The normalized spacial score (nSPS) is 15.2. The first-order chi connectivity index (χ1) is 29.8. The fourth-order valence-electron chi connectivity index (χ4n) is 6.91. The van der Waals surface area contributed by atoms with Crippen molar-refractivity contribution in [2.75, 3.05) is 50.2 Å². The predicted octanol–water partition coefficient (Wildman–Crippen LogP) is 4.51. The van der Waals surface area contributed by atoms with Crippen LogP contribution >= 0.6 is 0 Å². The van der Waals surface area contributed by atoms with Gasteiger partial charge in [0.1, 0.15) is 24.2 Å². The minimum atomic E-state index is -0.771. The molecule has 4 N–H and O–H groups in total. The molecular weight excluding hydrogens is 785 g/mol. The number of carbonyl (C=O) groups excluding carboxylic acids is 3. The Bertz CT molecular complexity index is 2620. The molecule has 4 aromatic heterocycles. The van der Waals surface area contributed by atoms with Crippen LogP contribution in [0, 0.1) is 17.2 Å². The van der Waals surface area contributed by atoms with E-state index in [1.807, 2.05) is 42.5 Å². The Kier molecular flexibility index (Phi) is 12.7. The maximum atomic E-state index is 13.1. The lowest BCUT2D eigenvalue weighted by Gasteiger charge is -2.21. The summed E-state index contributed by atoms with van der Waals surface area (Å²) in [6.45, 7) is 4.12. The minimum Gasteiger partial charge on any atom is -0.444 e. The van der Waals surface area contributed by atoms with Crippen LogP contribution in [-0.2, 0) is 32.0 Å². The molecule has 18 nitrogen and oxygen atoms in total. The number of ether oxygens (including phenoxy) is 2. The molecule has 0 spiro atoms. The second-order valence-corrected chi connectivity index (χ2v) is 14.9. The van der Waals surface area contributed by atoms with E-state index in [0.717, 1.165) is 36.3 Å². The van der Waals surface area contributed by atoms with Crippen molar-refractivity contribution in [3.05, 3.63) is 106 Å². The van der Waals surface area contributed by atoms with Crippen molar-refractivity contribution in [2.24, 2.45) is 5.92 Å². The van der Waals surface area contributed by atoms with Crippen LogP contribution in [-0.4, -0.2) is 81.6 Å². The number of rotatable bonds is 20. The van der Waals surface area contributed by atoms with Crippen molar-refractivity contribution in [1.29, 1.82) is 5.26 Å². The van der Waals surface area contributed by atoms with Crippen molar-refractivity contribution >= 4 is 40.3 Å². The third-order valence-corrected chi connectivity index (χ3v) is 10.4. The summed E-state index contributed by atoms with van der Waals surface area (Å²) in [4.78, 5) is 58.1. The molecule has 2 fully saturated rings. The highest BCUT2D eigenvalue weighted by Gasteiger charge is 2.31. The lowest BCUT2D eigenvalue weighted by atomic mass is 10.1. The molecule has 0 bridgehead atoms. The molecule has 5 heterocycles. The molecule has 1 saturated heterocycles. The maximum absolute atomic E-state index is 13.1. The molecule has 1 aliphatic carbocycles. The largest absolute Gasteiger partial charge is 0.444 e. The van der Waals surface area contributed by atoms with Gasteiger partial charge in [0.15, 0.2) is 17.0 Å². The third-order valence-electron chi connectivity index (χ3n) is 10.4. The number of aryl methyl sites for hydroxylation is 1. The van der Waals surface area contributed by atoms with E-state index in [1.165, 1.54) is 28.4 Å². The van der Waals surface area contributed by atoms with E-state index in [2.05, 4.69) is 36.3 Å². The molecule has 18 heteroatoms. The molecule has 2 aromatic carbocycles. The average molecular weight is 829 g/mol. The number of fused-ring (bicyclic) bond motifs is 1. The maximum Gasteiger partial charge on any atom is 0.420 e. The monoisotopic (exact) mass is 828 g/mol. The lowest BCUT2D eigenvalue weighted by Crippen LogP contribution is -2.43. The van der Waals surface area contributed by atoms with Gasteiger partial charge in [-0.15, -0.1) is 0 Å². The zero-order chi connectivity index (χ0) is 42.1. The van der Waals surface area contributed by atoms with Crippen molar-refractivity contribution in [3.8, 4) is 23.2 Å². The van der Waals surface area contributed by atoms with Crippen LogP contribution in [0.15, 0.2) is 86.9 Å². The molecule has 1 unspecified atom stereocenters. The van der Waals surface area contributed by atoms with Gasteiger partial charge < -0.3 is 34.3 Å². The van der Waals surface area contributed by atoms with E-state index in [-0.39, 0.29) is 41.7 Å². The molecule has 61 heavy (non-hydrogen) atoms. The molecule has 1 aliphatic heterocycles. The summed E-state index contributed by atoms with van der Waals surface area (Å²) in [5.74, 6) is -0.300. The van der Waals surface area contributed by atoms with Gasteiger partial charge in [0.25, 0.3) is 5.91 Å². The van der Waals surface area contributed by atoms with Gasteiger partial charge in [-0.05, 0) is 85.5 Å². The summed E-state index contributed by atoms with van der Waals surface area (Å²) in [6, 6.07) is 18.0. The van der Waals surface area contributed by atoms with Gasteiger partial charge in [0, 0.05) is 44.4 Å². The fraction of sp³-hybridized carbons (Fsp3) is 0.349. The number of benzene rings is 2. The van der Waals surface area contributed by atoms with Gasteiger partial charge in [0.2, 0.25) is 17.7 Å². The van der Waals surface area contributed by atoms with E-state index in [4.69, 9.17) is 18.3 Å².